The molecule has 1 heterocycles. The van der Waals surface area contributed by atoms with E-state index in [0.29, 0.717) is 11.8 Å². The second kappa shape index (κ2) is 6.03. The summed E-state index contributed by atoms with van der Waals surface area (Å²) in [5.41, 5.74) is 5.41. The highest BCUT2D eigenvalue weighted by atomic mass is 32.2. The number of aromatic nitrogens is 3. The van der Waals surface area contributed by atoms with Gasteiger partial charge in [0.05, 0.1) is 5.75 Å². The molecule has 80 valence electrons. The molecule has 0 bridgehead atoms. The highest BCUT2D eigenvalue weighted by Gasteiger charge is 2.03. The van der Waals surface area contributed by atoms with Gasteiger partial charge < -0.3 is 5.73 Å². The van der Waals surface area contributed by atoms with E-state index < -0.39 is 0 Å². The van der Waals surface area contributed by atoms with Crippen LogP contribution in [0.3, 0.4) is 0 Å². The largest absolute Gasteiger partial charge is 0.330 e. The molecule has 0 unspecified atom stereocenters. The molecule has 0 aliphatic heterocycles. The smallest absolute Gasteiger partial charge is 0.150 e. The molecular formula is C9H18N4S. The van der Waals surface area contributed by atoms with Gasteiger partial charge in [0.15, 0.2) is 5.82 Å². The molecule has 0 aromatic carbocycles. The molecule has 14 heavy (non-hydrogen) atoms. The Morgan fingerprint density at radius 1 is 1.50 bits per heavy atom. The highest BCUT2D eigenvalue weighted by molar-refractivity contribution is 7.99. The van der Waals surface area contributed by atoms with Gasteiger partial charge in [-0.25, -0.2) is 4.98 Å². The monoisotopic (exact) mass is 214 g/mol. The number of aromatic amines is 1. The Hall–Kier alpha value is -0.550. The summed E-state index contributed by atoms with van der Waals surface area (Å²) in [6, 6.07) is 0. The van der Waals surface area contributed by atoms with Gasteiger partial charge in [-0.15, -0.1) is 0 Å². The molecular weight excluding hydrogens is 196 g/mol. The van der Waals surface area contributed by atoms with Gasteiger partial charge in [0.2, 0.25) is 0 Å². The molecule has 0 aliphatic carbocycles. The van der Waals surface area contributed by atoms with Gasteiger partial charge in [-0.05, 0) is 18.2 Å². The van der Waals surface area contributed by atoms with E-state index in [1.165, 1.54) is 0 Å². The summed E-state index contributed by atoms with van der Waals surface area (Å²) in [6.45, 7) is 5.05. The number of hydrogen-bond donors (Lipinski definition) is 2. The molecule has 1 aromatic rings. The maximum absolute atomic E-state index is 5.41. The third-order valence-electron chi connectivity index (χ3n) is 1.74. The van der Waals surface area contributed by atoms with Gasteiger partial charge in [0, 0.05) is 6.42 Å². The molecule has 4 nitrogen and oxygen atoms in total. The zero-order chi connectivity index (χ0) is 10.4. The predicted octanol–water partition coefficient (Wildman–Crippen LogP) is 1.34. The van der Waals surface area contributed by atoms with E-state index >= 15 is 0 Å². The van der Waals surface area contributed by atoms with Crippen LogP contribution in [-0.2, 0) is 12.2 Å². The number of nitrogens with two attached hydrogens (primary N) is 1. The number of rotatable bonds is 6. The zero-order valence-electron chi connectivity index (χ0n) is 8.79. The predicted molar refractivity (Wildman–Crippen MR) is 60.2 cm³/mol. The van der Waals surface area contributed by atoms with Crippen LogP contribution < -0.4 is 5.73 Å². The van der Waals surface area contributed by atoms with Crippen LogP contribution >= 0.6 is 11.8 Å². The minimum Gasteiger partial charge on any atom is -0.330 e. The number of aryl methyl sites for hydroxylation is 1. The molecule has 3 N–H and O–H groups in total. The Balaban J connectivity index is 2.35. The fraction of sp³-hybridized carbons (Fsp3) is 0.778. The summed E-state index contributed by atoms with van der Waals surface area (Å²) in [7, 11) is 0. The van der Waals surface area contributed by atoms with Crippen molar-refractivity contribution < 1.29 is 0 Å². The van der Waals surface area contributed by atoms with Crippen molar-refractivity contribution in [3.05, 3.63) is 11.6 Å². The average molecular weight is 214 g/mol. The maximum Gasteiger partial charge on any atom is 0.150 e. The van der Waals surface area contributed by atoms with E-state index in [4.69, 9.17) is 5.73 Å². The Morgan fingerprint density at radius 3 is 2.93 bits per heavy atom. The molecule has 0 aliphatic rings. The first-order valence-corrected chi connectivity index (χ1v) is 5.99. The van der Waals surface area contributed by atoms with Crippen LogP contribution in [0.15, 0.2) is 0 Å². The van der Waals surface area contributed by atoms with Gasteiger partial charge in [-0.1, -0.05) is 13.8 Å². The van der Waals surface area contributed by atoms with Crippen molar-refractivity contribution in [2.45, 2.75) is 37.7 Å². The quantitative estimate of drug-likeness (QED) is 0.750. The van der Waals surface area contributed by atoms with Crippen LogP contribution in [0.1, 0.15) is 31.9 Å². The summed E-state index contributed by atoms with van der Waals surface area (Å²) >= 11 is 1.86. The van der Waals surface area contributed by atoms with Crippen molar-refractivity contribution in [2.75, 3.05) is 6.54 Å². The molecule has 0 saturated carbocycles. The molecule has 5 heteroatoms. The number of nitrogens with zero attached hydrogens (tertiary/aromatic N) is 2. The molecule has 0 radical (unpaired) electrons. The Bertz CT molecular complexity index is 259. The number of hydrogen-bond acceptors (Lipinski definition) is 4. The summed E-state index contributed by atoms with van der Waals surface area (Å²) in [4.78, 5) is 4.38. The summed E-state index contributed by atoms with van der Waals surface area (Å²) in [5, 5.41) is 7.71. The third-order valence-corrected chi connectivity index (χ3v) is 2.84. The maximum atomic E-state index is 5.41. The van der Waals surface area contributed by atoms with Crippen LogP contribution in [0.2, 0.25) is 0 Å². The summed E-state index contributed by atoms with van der Waals surface area (Å²) in [6.07, 6.45) is 1.83. The van der Waals surface area contributed by atoms with Crippen LogP contribution in [0.25, 0.3) is 0 Å². The lowest BCUT2D eigenvalue weighted by Crippen LogP contribution is -2.01. The Kier molecular flexibility index (Phi) is 4.97. The van der Waals surface area contributed by atoms with E-state index in [1.54, 1.807) is 0 Å². The molecule has 0 saturated heterocycles. The van der Waals surface area contributed by atoms with Gasteiger partial charge in [-0.3, -0.25) is 5.10 Å². The van der Waals surface area contributed by atoms with Gasteiger partial charge in [-0.2, -0.15) is 16.9 Å². The van der Waals surface area contributed by atoms with Gasteiger partial charge in [0.25, 0.3) is 0 Å². The van der Waals surface area contributed by atoms with E-state index in [-0.39, 0.29) is 0 Å². The van der Waals surface area contributed by atoms with Crippen LogP contribution in [0, 0.1) is 0 Å². The zero-order valence-corrected chi connectivity index (χ0v) is 9.60. The molecule has 0 atom stereocenters. The van der Waals surface area contributed by atoms with Crippen molar-refractivity contribution in [1.82, 2.24) is 15.2 Å². The lowest BCUT2D eigenvalue weighted by atomic mass is 10.3. The second-order valence-corrected chi connectivity index (χ2v) is 5.02. The van der Waals surface area contributed by atoms with Crippen molar-refractivity contribution >= 4 is 11.8 Å². The molecule has 1 aromatic heterocycles. The number of thioether (sulfide) groups is 1. The second-order valence-electron chi connectivity index (χ2n) is 3.45. The molecule has 0 spiro atoms. The van der Waals surface area contributed by atoms with E-state index in [2.05, 4.69) is 29.0 Å². The summed E-state index contributed by atoms with van der Waals surface area (Å²) in [5.74, 6) is 2.76. The first kappa shape index (κ1) is 11.5. The van der Waals surface area contributed by atoms with Crippen LogP contribution in [-0.4, -0.2) is 27.0 Å². The number of H-pyrrole nitrogens is 1. The van der Waals surface area contributed by atoms with E-state index in [9.17, 15) is 0 Å². The van der Waals surface area contributed by atoms with Crippen molar-refractivity contribution in [1.29, 1.82) is 0 Å². The first-order valence-electron chi connectivity index (χ1n) is 4.94. The molecule has 0 fully saturated rings. The van der Waals surface area contributed by atoms with Crippen molar-refractivity contribution in [2.24, 2.45) is 5.73 Å². The molecule has 1 rings (SSSR count). The number of nitrogens with one attached hydrogen (secondary N) is 1. The van der Waals surface area contributed by atoms with E-state index in [0.717, 1.165) is 30.2 Å². The lowest BCUT2D eigenvalue weighted by Gasteiger charge is -2.00. The van der Waals surface area contributed by atoms with Crippen LogP contribution in [0.4, 0.5) is 0 Å². The summed E-state index contributed by atoms with van der Waals surface area (Å²) < 4.78 is 0. The minimum atomic E-state index is 0.632. The van der Waals surface area contributed by atoms with Crippen molar-refractivity contribution in [3.63, 3.8) is 0 Å². The lowest BCUT2D eigenvalue weighted by molar-refractivity contribution is 0.785. The SMILES string of the molecule is CC(C)SCc1nc(CCCN)n[nH]1. The van der Waals surface area contributed by atoms with Gasteiger partial charge >= 0.3 is 0 Å². The Morgan fingerprint density at radius 2 is 2.29 bits per heavy atom. The topological polar surface area (TPSA) is 67.6 Å². The third kappa shape index (κ3) is 4.11. The van der Waals surface area contributed by atoms with E-state index in [1.807, 2.05) is 11.8 Å². The van der Waals surface area contributed by atoms with Crippen molar-refractivity contribution in [3.8, 4) is 0 Å². The average Bonchev–Trinajstić information content (AvgIpc) is 2.59. The minimum absolute atomic E-state index is 0.632. The molecule has 0 amide bonds. The van der Waals surface area contributed by atoms with Gasteiger partial charge in [0.1, 0.15) is 5.82 Å². The standard InChI is InChI=1S/C9H18N4S/c1-7(2)14-6-9-11-8(12-13-9)4-3-5-10/h7H,3-6,10H2,1-2H3,(H,11,12,13). The first-order chi connectivity index (χ1) is 6.72. The van der Waals surface area contributed by atoms with Crippen LogP contribution in [0.5, 0.6) is 0 Å². The fourth-order valence-corrected chi connectivity index (χ4v) is 1.64. The normalized spacial score (nSPS) is 11.1. The Labute approximate surface area is 89.1 Å². The highest BCUT2D eigenvalue weighted by Crippen LogP contribution is 2.14. The fourth-order valence-electron chi connectivity index (χ4n) is 1.02.